The van der Waals surface area contributed by atoms with Gasteiger partial charge < -0.3 is 9.80 Å². The summed E-state index contributed by atoms with van der Waals surface area (Å²) >= 11 is 0. The van der Waals surface area contributed by atoms with Crippen LogP contribution in [-0.2, 0) is 0 Å². The molecule has 0 bridgehead atoms. The maximum atomic E-state index is 13.1. The van der Waals surface area contributed by atoms with Gasteiger partial charge >= 0.3 is 0 Å². The summed E-state index contributed by atoms with van der Waals surface area (Å²) in [7, 11) is 2.18. The van der Waals surface area contributed by atoms with Crippen LogP contribution in [0.4, 0.5) is 0 Å². The molecule has 2 aromatic rings. The molecule has 4 heterocycles. The van der Waals surface area contributed by atoms with E-state index in [-0.39, 0.29) is 5.91 Å². The van der Waals surface area contributed by atoms with Gasteiger partial charge in [0.1, 0.15) is 5.56 Å². The lowest BCUT2D eigenvalue weighted by Gasteiger charge is -2.33. The van der Waals surface area contributed by atoms with Crippen LogP contribution < -0.4 is 0 Å². The Kier molecular flexibility index (Phi) is 3.56. The zero-order valence-corrected chi connectivity index (χ0v) is 13.8. The lowest BCUT2D eigenvalue weighted by Crippen LogP contribution is -2.47. The van der Waals surface area contributed by atoms with E-state index in [1.165, 1.54) is 12.8 Å². The Morgan fingerprint density at radius 3 is 2.78 bits per heavy atom. The van der Waals surface area contributed by atoms with Gasteiger partial charge in [0.05, 0.1) is 6.20 Å². The van der Waals surface area contributed by atoms with E-state index in [9.17, 15) is 4.79 Å². The van der Waals surface area contributed by atoms with Gasteiger partial charge in [-0.1, -0.05) is 0 Å². The first-order valence-corrected chi connectivity index (χ1v) is 8.47. The van der Waals surface area contributed by atoms with Crippen molar-refractivity contribution in [3.05, 3.63) is 29.7 Å². The third-order valence-electron chi connectivity index (χ3n) is 5.32. The van der Waals surface area contributed by atoms with Crippen LogP contribution in [0.15, 0.2) is 18.5 Å². The number of aryl methyl sites for hydroxylation is 1. The van der Waals surface area contributed by atoms with E-state index in [0.29, 0.717) is 23.3 Å². The number of carbonyl (C=O) groups excluding carboxylic acids is 1. The minimum Gasteiger partial charge on any atom is -0.334 e. The fourth-order valence-corrected chi connectivity index (χ4v) is 4.13. The number of fused-ring (bicyclic) bond motifs is 1. The molecule has 2 fully saturated rings. The first-order valence-electron chi connectivity index (χ1n) is 8.47. The molecule has 122 valence electrons. The van der Waals surface area contributed by atoms with E-state index >= 15 is 0 Å². The number of hydrogen-bond donors (Lipinski definition) is 0. The van der Waals surface area contributed by atoms with Crippen molar-refractivity contribution in [1.82, 2.24) is 24.4 Å². The summed E-state index contributed by atoms with van der Waals surface area (Å²) in [6.45, 7) is 3.92. The average molecular weight is 313 g/mol. The monoisotopic (exact) mass is 313 g/mol. The van der Waals surface area contributed by atoms with Gasteiger partial charge in [-0.05, 0) is 52.3 Å². The van der Waals surface area contributed by atoms with E-state index in [2.05, 4.69) is 26.9 Å². The highest BCUT2D eigenvalue weighted by Crippen LogP contribution is 2.30. The number of hydrogen-bond acceptors (Lipinski definition) is 4. The van der Waals surface area contributed by atoms with Crippen LogP contribution in [0, 0.1) is 6.92 Å². The molecule has 6 heteroatoms. The van der Waals surface area contributed by atoms with E-state index in [0.717, 1.165) is 31.6 Å². The molecular weight excluding hydrogens is 290 g/mol. The molecule has 23 heavy (non-hydrogen) atoms. The minimum atomic E-state index is 0.0842. The molecule has 2 aliphatic heterocycles. The van der Waals surface area contributed by atoms with Gasteiger partial charge in [0.15, 0.2) is 5.65 Å². The Morgan fingerprint density at radius 1 is 1.22 bits per heavy atom. The molecule has 2 aliphatic rings. The van der Waals surface area contributed by atoms with Gasteiger partial charge in [-0.25, -0.2) is 9.50 Å². The molecule has 0 unspecified atom stereocenters. The molecule has 6 nitrogen and oxygen atoms in total. The SMILES string of the molecule is Cc1ccn2ncc(C(=O)N3CCC[C@@H]3[C@@H]3CCCN3C)c2n1. The second kappa shape index (κ2) is 5.60. The molecule has 0 radical (unpaired) electrons. The third-order valence-corrected chi connectivity index (χ3v) is 5.32. The fraction of sp³-hybridized carbons (Fsp3) is 0.588. The van der Waals surface area contributed by atoms with Crippen molar-refractivity contribution in [3.63, 3.8) is 0 Å². The normalized spacial score (nSPS) is 25.6. The van der Waals surface area contributed by atoms with Gasteiger partial charge in [-0.3, -0.25) is 4.79 Å². The van der Waals surface area contributed by atoms with Gasteiger partial charge in [0.2, 0.25) is 0 Å². The number of rotatable bonds is 2. The second-order valence-electron chi connectivity index (χ2n) is 6.79. The number of carbonyl (C=O) groups is 1. The molecule has 0 N–H and O–H groups in total. The highest BCUT2D eigenvalue weighted by atomic mass is 16.2. The molecule has 2 saturated heterocycles. The molecule has 1 amide bonds. The standard InChI is InChI=1S/C17H23N5O/c1-12-7-10-22-16(19-12)13(11-18-22)17(23)21-9-4-6-15(21)14-5-3-8-20(14)2/h7,10-11,14-15H,3-6,8-9H2,1-2H3/t14-,15+/m0/s1. The first-order chi connectivity index (χ1) is 11.1. The minimum absolute atomic E-state index is 0.0842. The fourth-order valence-electron chi connectivity index (χ4n) is 4.13. The van der Waals surface area contributed by atoms with Crippen molar-refractivity contribution in [1.29, 1.82) is 0 Å². The highest BCUT2D eigenvalue weighted by Gasteiger charge is 2.39. The number of aromatic nitrogens is 3. The van der Waals surface area contributed by atoms with Crippen molar-refractivity contribution < 1.29 is 4.79 Å². The summed E-state index contributed by atoms with van der Waals surface area (Å²) in [5.74, 6) is 0.0842. The lowest BCUT2D eigenvalue weighted by atomic mass is 10.0. The van der Waals surface area contributed by atoms with Crippen LogP contribution in [0.1, 0.15) is 41.7 Å². The highest BCUT2D eigenvalue weighted by molar-refractivity contribution is 6.00. The van der Waals surface area contributed by atoms with E-state index in [1.807, 2.05) is 19.2 Å². The van der Waals surface area contributed by atoms with Gasteiger partial charge in [-0.2, -0.15) is 5.10 Å². The smallest absolute Gasteiger partial charge is 0.259 e. The molecular formula is C17H23N5O. The van der Waals surface area contributed by atoms with Crippen LogP contribution in [-0.4, -0.2) is 62.5 Å². The van der Waals surface area contributed by atoms with E-state index in [1.54, 1.807) is 10.7 Å². The molecule has 4 rings (SSSR count). The third kappa shape index (κ3) is 2.41. The topological polar surface area (TPSA) is 53.7 Å². The van der Waals surface area contributed by atoms with Gasteiger partial charge in [0, 0.05) is 30.5 Å². The number of likely N-dealkylation sites (N-methyl/N-ethyl adjacent to an activating group) is 1. The van der Waals surface area contributed by atoms with Crippen molar-refractivity contribution >= 4 is 11.6 Å². The zero-order chi connectivity index (χ0) is 16.0. The molecule has 2 aromatic heterocycles. The van der Waals surface area contributed by atoms with Crippen molar-refractivity contribution in [2.45, 2.75) is 44.7 Å². The predicted octanol–water partition coefficient (Wildman–Crippen LogP) is 1.74. The summed E-state index contributed by atoms with van der Waals surface area (Å²) in [4.78, 5) is 22.1. The maximum absolute atomic E-state index is 13.1. The summed E-state index contributed by atoms with van der Waals surface area (Å²) in [5, 5.41) is 4.29. The van der Waals surface area contributed by atoms with Crippen LogP contribution in [0.25, 0.3) is 5.65 Å². The summed E-state index contributed by atoms with van der Waals surface area (Å²) in [6.07, 6.45) is 8.14. The number of amides is 1. The van der Waals surface area contributed by atoms with Gasteiger partial charge in [0.25, 0.3) is 5.91 Å². The number of nitrogens with zero attached hydrogens (tertiary/aromatic N) is 5. The van der Waals surface area contributed by atoms with E-state index in [4.69, 9.17) is 0 Å². The quantitative estimate of drug-likeness (QED) is 0.847. The Balaban J connectivity index is 1.65. The molecule has 0 spiro atoms. The summed E-state index contributed by atoms with van der Waals surface area (Å²) in [5.41, 5.74) is 2.20. The Bertz CT molecular complexity index is 740. The Hall–Kier alpha value is -1.95. The van der Waals surface area contributed by atoms with Crippen LogP contribution >= 0.6 is 0 Å². The Morgan fingerprint density at radius 2 is 2.00 bits per heavy atom. The number of likely N-dealkylation sites (tertiary alicyclic amines) is 2. The summed E-state index contributed by atoms with van der Waals surface area (Å²) < 4.78 is 1.69. The average Bonchev–Trinajstić information content (AvgIpc) is 3.24. The van der Waals surface area contributed by atoms with E-state index < -0.39 is 0 Å². The van der Waals surface area contributed by atoms with Crippen LogP contribution in [0.2, 0.25) is 0 Å². The lowest BCUT2D eigenvalue weighted by molar-refractivity contribution is 0.0666. The molecule has 0 saturated carbocycles. The van der Waals surface area contributed by atoms with Crippen LogP contribution in [0.5, 0.6) is 0 Å². The molecule has 0 aromatic carbocycles. The maximum Gasteiger partial charge on any atom is 0.259 e. The van der Waals surface area contributed by atoms with Crippen molar-refractivity contribution in [2.24, 2.45) is 0 Å². The molecule has 0 aliphatic carbocycles. The predicted molar refractivity (Wildman–Crippen MR) is 87.4 cm³/mol. The molecule has 2 atom stereocenters. The van der Waals surface area contributed by atoms with Gasteiger partial charge in [-0.15, -0.1) is 0 Å². The zero-order valence-electron chi connectivity index (χ0n) is 13.8. The second-order valence-corrected chi connectivity index (χ2v) is 6.79. The summed E-state index contributed by atoms with van der Waals surface area (Å²) in [6, 6.07) is 2.73. The Labute approximate surface area is 136 Å². The van der Waals surface area contributed by atoms with Crippen molar-refractivity contribution in [2.75, 3.05) is 20.1 Å². The van der Waals surface area contributed by atoms with Crippen LogP contribution in [0.3, 0.4) is 0 Å². The van der Waals surface area contributed by atoms with Crippen molar-refractivity contribution in [3.8, 4) is 0 Å². The largest absolute Gasteiger partial charge is 0.334 e. The first kappa shape index (κ1) is 14.6.